The van der Waals surface area contributed by atoms with Gasteiger partial charge >= 0.3 is 0 Å². The van der Waals surface area contributed by atoms with Crippen molar-refractivity contribution >= 4 is 11.7 Å². The number of nitrogens with zero attached hydrogens (tertiary/aromatic N) is 2. The molecule has 1 aromatic rings. The van der Waals surface area contributed by atoms with Crippen molar-refractivity contribution < 1.29 is 9.90 Å². The molecular weight excluding hydrogens is 268 g/mol. The molecule has 0 fully saturated rings. The Labute approximate surface area is 126 Å². The number of likely N-dealkylation sites (N-methyl/N-ethyl adjacent to an activating group) is 1. The van der Waals surface area contributed by atoms with Crippen LogP contribution in [0, 0.1) is 0 Å². The fraction of sp³-hybridized carbons (Fsp3) is 0.600. The third-order valence-corrected chi connectivity index (χ3v) is 3.08. The second-order valence-electron chi connectivity index (χ2n) is 6.10. The zero-order chi connectivity index (χ0) is 16.2. The largest absolute Gasteiger partial charge is 0.389 e. The fourth-order valence-electron chi connectivity index (χ4n) is 2.02. The lowest BCUT2D eigenvalue weighted by Gasteiger charge is -2.28. The van der Waals surface area contributed by atoms with Gasteiger partial charge in [0.25, 0.3) is 5.91 Å². The summed E-state index contributed by atoms with van der Waals surface area (Å²) in [6.45, 7) is 10.1. The number of carbonyl (C=O) groups is 1. The molecule has 0 aliphatic heterocycles. The van der Waals surface area contributed by atoms with E-state index < -0.39 is 5.60 Å². The zero-order valence-electron chi connectivity index (χ0n) is 13.5. The van der Waals surface area contributed by atoms with Crippen LogP contribution in [0.15, 0.2) is 12.1 Å². The normalized spacial score (nSPS) is 11.6. The lowest BCUT2D eigenvalue weighted by Crippen LogP contribution is -2.42. The second kappa shape index (κ2) is 6.87. The van der Waals surface area contributed by atoms with Crippen LogP contribution in [0.25, 0.3) is 0 Å². The first-order chi connectivity index (χ1) is 9.67. The number of amides is 1. The van der Waals surface area contributed by atoms with Crippen LogP contribution in [0.1, 0.15) is 56.6 Å². The molecule has 0 spiro atoms. The number of aliphatic hydroxyl groups is 1. The summed E-state index contributed by atoms with van der Waals surface area (Å²) in [5.41, 5.74) is 2.88. The van der Waals surface area contributed by atoms with Crippen LogP contribution < -0.4 is 11.3 Å². The summed E-state index contributed by atoms with van der Waals surface area (Å²) < 4.78 is 0. The van der Waals surface area contributed by atoms with Gasteiger partial charge in [-0.15, -0.1) is 0 Å². The van der Waals surface area contributed by atoms with Crippen molar-refractivity contribution in [3.8, 4) is 0 Å². The minimum Gasteiger partial charge on any atom is -0.389 e. The number of nitrogen functional groups attached to an aromatic ring is 1. The molecular formula is C15H26N4O2. The average molecular weight is 294 g/mol. The number of hydrogen-bond donors (Lipinski definition) is 3. The van der Waals surface area contributed by atoms with Gasteiger partial charge in [0.2, 0.25) is 0 Å². The van der Waals surface area contributed by atoms with Gasteiger partial charge in [0, 0.05) is 24.3 Å². The SMILES string of the molecule is CCN(CC(C)(C)O)C(=O)c1cc(NN)nc(C(C)C)c1. The highest BCUT2D eigenvalue weighted by molar-refractivity contribution is 5.95. The first-order valence-corrected chi connectivity index (χ1v) is 7.18. The van der Waals surface area contributed by atoms with E-state index in [1.165, 1.54) is 0 Å². The summed E-state index contributed by atoms with van der Waals surface area (Å²) in [7, 11) is 0. The molecule has 4 N–H and O–H groups in total. The van der Waals surface area contributed by atoms with Crippen LogP contribution in [-0.2, 0) is 0 Å². The number of nitrogens with two attached hydrogens (primary N) is 1. The predicted molar refractivity (Wildman–Crippen MR) is 84.0 cm³/mol. The Hall–Kier alpha value is -1.66. The van der Waals surface area contributed by atoms with Crippen LogP contribution in [-0.4, -0.2) is 39.6 Å². The van der Waals surface area contributed by atoms with Crippen molar-refractivity contribution in [3.05, 3.63) is 23.4 Å². The first-order valence-electron chi connectivity index (χ1n) is 7.18. The quantitative estimate of drug-likeness (QED) is 0.549. The van der Waals surface area contributed by atoms with Gasteiger partial charge in [0.15, 0.2) is 0 Å². The van der Waals surface area contributed by atoms with E-state index in [9.17, 15) is 9.90 Å². The highest BCUT2D eigenvalue weighted by Gasteiger charge is 2.23. The summed E-state index contributed by atoms with van der Waals surface area (Å²) >= 11 is 0. The van der Waals surface area contributed by atoms with E-state index in [0.29, 0.717) is 17.9 Å². The van der Waals surface area contributed by atoms with Crippen LogP contribution in [0.3, 0.4) is 0 Å². The maximum Gasteiger partial charge on any atom is 0.254 e. The highest BCUT2D eigenvalue weighted by atomic mass is 16.3. The van der Waals surface area contributed by atoms with Gasteiger partial charge in [0.05, 0.1) is 5.60 Å². The molecule has 1 rings (SSSR count). The Morgan fingerprint density at radius 3 is 2.52 bits per heavy atom. The summed E-state index contributed by atoms with van der Waals surface area (Å²) in [6, 6.07) is 3.40. The predicted octanol–water partition coefficient (Wildman–Crippen LogP) is 1.72. The Balaban J connectivity index is 3.12. The monoisotopic (exact) mass is 294 g/mol. The lowest BCUT2D eigenvalue weighted by atomic mass is 10.1. The Morgan fingerprint density at radius 1 is 1.48 bits per heavy atom. The van der Waals surface area contributed by atoms with Crippen LogP contribution in [0.2, 0.25) is 0 Å². The number of rotatable bonds is 6. The van der Waals surface area contributed by atoms with Crippen LogP contribution >= 0.6 is 0 Å². The minimum atomic E-state index is -0.936. The van der Waals surface area contributed by atoms with Crippen LogP contribution in [0.4, 0.5) is 5.82 Å². The average Bonchev–Trinajstić information content (AvgIpc) is 2.42. The van der Waals surface area contributed by atoms with E-state index in [4.69, 9.17) is 5.84 Å². The molecule has 0 aliphatic carbocycles. The molecule has 0 saturated carbocycles. The van der Waals surface area contributed by atoms with Crippen molar-refractivity contribution in [3.63, 3.8) is 0 Å². The van der Waals surface area contributed by atoms with Crippen molar-refractivity contribution in [2.45, 2.75) is 46.1 Å². The molecule has 0 aliphatic rings. The summed E-state index contributed by atoms with van der Waals surface area (Å²) in [6.07, 6.45) is 0. The van der Waals surface area contributed by atoms with E-state index in [1.807, 2.05) is 20.8 Å². The van der Waals surface area contributed by atoms with E-state index in [1.54, 1.807) is 30.9 Å². The molecule has 0 unspecified atom stereocenters. The minimum absolute atomic E-state index is 0.138. The third-order valence-electron chi connectivity index (χ3n) is 3.08. The molecule has 6 nitrogen and oxygen atoms in total. The molecule has 6 heteroatoms. The van der Waals surface area contributed by atoms with E-state index >= 15 is 0 Å². The molecule has 0 bridgehead atoms. The van der Waals surface area contributed by atoms with Gasteiger partial charge in [-0.1, -0.05) is 13.8 Å². The number of pyridine rings is 1. The summed E-state index contributed by atoms with van der Waals surface area (Å²) in [5.74, 6) is 5.93. The van der Waals surface area contributed by atoms with Gasteiger partial charge in [0.1, 0.15) is 5.82 Å². The van der Waals surface area contributed by atoms with Crippen molar-refractivity contribution in [1.29, 1.82) is 0 Å². The molecule has 21 heavy (non-hydrogen) atoms. The number of aromatic nitrogens is 1. The van der Waals surface area contributed by atoms with Gasteiger partial charge in [-0.2, -0.15) is 0 Å². The molecule has 1 heterocycles. The zero-order valence-corrected chi connectivity index (χ0v) is 13.5. The van der Waals surface area contributed by atoms with E-state index in [2.05, 4.69) is 10.4 Å². The van der Waals surface area contributed by atoms with E-state index in [0.717, 1.165) is 5.69 Å². The molecule has 1 aromatic heterocycles. The maximum atomic E-state index is 12.6. The Bertz CT molecular complexity index is 495. The third kappa shape index (κ3) is 4.99. The molecule has 0 radical (unpaired) electrons. The van der Waals surface area contributed by atoms with Gasteiger partial charge in [-0.05, 0) is 38.8 Å². The smallest absolute Gasteiger partial charge is 0.254 e. The van der Waals surface area contributed by atoms with Gasteiger partial charge in [-0.3, -0.25) is 4.79 Å². The van der Waals surface area contributed by atoms with Gasteiger partial charge < -0.3 is 15.4 Å². The lowest BCUT2D eigenvalue weighted by molar-refractivity contribution is 0.0314. The number of carbonyl (C=O) groups excluding carboxylic acids is 1. The Kier molecular flexibility index (Phi) is 5.69. The number of hydrazine groups is 1. The van der Waals surface area contributed by atoms with Crippen LogP contribution in [0.5, 0.6) is 0 Å². The number of hydrogen-bond acceptors (Lipinski definition) is 5. The fourth-order valence-corrected chi connectivity index (χ4v) is 2.02. The highest BCUT2D eigenvalue weighted by Crippen LogP contribution is 2.19. The summed E-state index contributed by atoms with van der Waals surface area (Å²) in [4.78, 5) is 18.6. The first kappa shape index (κ1) is 17.4. The van der Waals surface area contributed by atoms with Crippen molar-refractivity contribution in [2.24, 2.45) is 5.84 Å². The topological polar surface area (TPSA) is 91.5 Å². The summed E-state index contributed by atoms with van der Waals surface area (Å²) in [5, 5.41) is 9.92. The molecule has 1 amide bonds. The maximum absolute atomic E-state index is 12.6. The molecule has 0 aromatic carbocycles. The number of anilines is 1. The van der Waals surface area contributed by atoms with E-state index in [-0.39, 0.29) is 18.4 Å². The molecule has 118 valence electrons. The second-order valence-corrected chi connectivity index (χ2v) is 6.10. The van der Waals surface area contributed by atoms with Crippen molar-refractivity contribution in [1.82, 2.24) is 9.88 Å². The molecule has 0 atom stereocenters. The van der Waals surface area contributed by atoms with Crippen molar-refractivity contribution in [2.75, 3.05) is 18.5 Å². The Morgan fingerprint density at radius 2 is 2.10 bits per heavy atom. The molecule has 0 saturated heterocycles. The van der Waals surface area contributed by atoms with Gasteiger partial charge in [-0.25, -0.2) is 10.8 Å². The standard InChI is InChI=1S/C15H26N4O2/c1-6-19(9-15(4,5)21)14(20)11-7-12(10(2)3)17-13(8-11)18-16/h7-8,10,21H,6,9,16H2,1-5H3,(H,17,18). The number of nitrogens with one attached hydrogen (secondary N) is 1.